The van der Waals surface area contributed by atoms with E-state index in [4.69, 9.17) is 21.1 Å². The molecule has 5 rings (SSSR count). The van der Waals surface area contributed by atoms with Crippen LogP contribution in [-0.2, 0) is 33.1 Å². The molecule has 0 radical (unpaired) electrons. The second kappa shape index (κ2) is 15.4. The molecule has 0 aliphatic carbocycles. The first-order valence-electron chi connectivity index (χ1n) is 16.5. The van der Waals surface area contributed by atoms with E-state index in [1.807, 2.05) is 0 Å². The number of piperidine rings is 1. The number of alkyl halides is 6. The molecule has 16 heteroatoms. The summed E-state index contributed by atoms with van der Waals surface area (Å²) in [7, 11) is 0. The lowest BCUT2D eigenvalue weighted by atomic mass is 9.78. The summed E-state index contributed by atoms with van der Waals surface area (Å²) in [5.74, 6) is -2.51. The lowest BCUT2D eigenvalue weighted by Gasteiger charge is -2.51. The number of rotatable bonds is 10. The van der Waals surface area contributed by atoms with Crippen LogP contribution in [0.3, 0.4) is 0 Å². The number of carbonyl (C=O) groups excluding carboxylic acids is 3. The van der Waals surface area contributed by atoms with Crippen molar-refractivity contribution in [3.05, 3.63) is 80.3 Å². The summed E-state index contributed by atoms with van der Waals surface area (Å²) < 4.78 is 94.9. The van der Waals surface area contributed by atoms with E-state index in [2.05, 4.69) is 4.98 Å². The van der Waals surface area contributed by atoms with Gasteiger partial charge < -0.3 is 19.3 Å². The molecule has 1 fully saturated rings. The molecule has 2 aliphatic rings. The number of aromatic nitrogens is 1. The summed E-state index contributed by atoms with van der Waals surface area (Å²) in [6.07, 6.45) is -7.74. The average Bonchev–Trinajstić information content (AvgIpc) is 3.56. The Morgan fingerprint density at radius 1 is 1.02 bits per heavy atom. The Bertz CT molecular complexity index is 1750. The van der Waals surface area contributed by atoms with E-state index in [0.29, 0.717) is 34.8 Å². The van der Waals surface area contributed by atoms with E-state index in [0.717, 1.165) is 40.2 Å². The standard InChI is InChI=1S/C35H36ClF6N3O5S/c1-3-7-27-33(50-23-19-28(51-20-23)35(40,41)42,14-6-16-45(27)31(47)30-25(34(37,38)39)8-5-15-43-30)32(48)44-17-13-21-18-22(36)9-10-24(21)26(44)11-12-29(46)49-4-2/h5,8-10,15,18-20,26-27H,3-4,6-7,11-14,16-17H2,1-2H3. The zero-order valence-corrected chi connectivity index (χ0v) is 29.4. The van der Waals surface area contributed by atoms with Crippen molar-refractivity contribution < 1.29 is 50.2 Å². The van der Waals surface area contributed by atoms with E-state index >= 15 is 4.79 Å². The fraction of sp³-hybridized carbons (Fsp3) is 0.486. The normalized spacial score (nSPS) is 20.9. The van der Waals surface area contributed by atoms with Gasteiger partial charge in [-0.1, -0.05) is 31.0 Å². The lowest BCUT2D eigenvalue weighted by molar-refractivity contribution is -0.163. The number of thiophene rings is 1. The highest BCUT2D eigenvalue weighted by molar-refractivity contribution is 7.10. The molecule has 2 amide bonds. The van der Waals surface area contributed by atoms with Crippen molar-refractivity contribution in [2.24, 2.45) is 0 Å². The quantitative estimate of drug-likeness (QED) is 0.152. The van der Waals surface area contributed by atoms with Gasteiger partial charge in [-0.3, -0.25) is 19.4 Å². The van der Waals surface area contributed by atoms with Gasteiger partial charge in [0.15, 0.2) is 0 Å². The highest BCUT2D eigenvalue weighted by atomic mass is 35.5. The molecule has 2 aromatic heterocycles. The molecule has 51 heavy (non-hydrogen) atoms. The molecular formula is C35H36ClF6N3O5S. The van der Waals surface area contributed by atoms with E-state index in [9.17, 15) is 35.9 Å². The number of pyridine rings is 1. The second-order valence-corrected chi connectivity index (χ2v) is 13.7. The van der Waals surface area contributed by atoms with Gasteiger partial charge >= 0.3 is 18.3 Å². The zero-order valence-electron chi connectivity index (χ0n) is 27.8. The van der Waals surface area contributed by atoms with Gasteiger partial charge in [0.2, 0.25) is 5.60 Å². The number of amides is 2. The first-order chi connectivity index (χ1) is 24.1. The molecule has 0 saturated carbocycles. The third-order valence-corrected chi connectivity index (χ3v) is 10.4. The highest BCUT2D eigenvalue weighted by Crippen LogP contribution is 2.45. The van der Waals surface area contributed by atoms with Crippen LogP contribution < -0.4 is 4.74 Å². The smallest absolute Gasteiger partial charge is 0.425 e. The molecule has 1 saturated heterocycles. The van der Waals surface area contributed by atoms with E-state index in [1.165, 1.54) is 4.90 Å². The van der Waals surface area contributed by atoms with Crippen LogP contribution in [-0.4, -0.2) is 63.9 Å². The van der Waals surface area contributed by atoms with Gasteiger partial charge in [-0.25, -0.2) is 0 Å². The summed E-state index contributed by atoms with van der Waals surface area (Å²) in [6.45, 7) is 3.61. The van der Waals surface area contributed by atoms with Crippen LogP contribution >= 0.6 is 22.9 Å². The Kier molecular flexibility index (Phi) is 11.6. The zero-order chi connectivity index (χ0) is 37.1. The topological polar surface area (TPSA) is 89.0 Å². The summed E-state index contributed by atoms with van der Waals surface area (Å²) >= 11 is 6.65. The average molecular weight is 760 g/mol. The number of benzene rings is 1. The molecule has 0 spiro atoms. The molecule has 4 heterocycles. The number of halogens is 7. The third kappa shape index (κ3) is 8.14. The summed E-state index contributed by atoms with van der Waals surface area (Å²) in [6, 6.07) is 5.80. The van der Waals surface area contributed by atoms with Crippen molar-refractivity contribution in [1.82, 2.24) is 14.8 Å². The van der Waals surface area contributed by atoms with Crippen molar-refractivity contribution in [3.8, 4) is 5.75 Å². The van der Waals surface area contributed by atoms with Crippen molar-refractivity contribution in [1.29, 1.82) is 0 Å². The SMILES string of the molecule is CCCC1N(C(=O)c2ncccc2C(F)(F)F)CCCC1(Oc1csc(C(F)(F)F)c1)C(=O)N1CCc2cc(Cl)ccc2C1CCC(=O)OCC. The largest absolute Gasteiger partial charge is 0.474 e. The molecule has 1 aromatic carbocycles. The molecule has 3 aromatic rings. The molecule has 8 nitrogen and oxygen atoms in total. The van der Waals surface area contributed by atoms with Crippen molar-refractivity contribution in [3.63, 3.8) is 0 Å². The Morgan fingerprint density at radius 3 is 2.45 bits per heavy atom. The van der Waals surface area contributed by atoms with Gasteiger partial charge in [0, 0.05) is 48.6 Å². The minimum Gasteiger partial charge on any atom is -0.474 e. The maximum absolute atomic E-state index is 15.3. The summed E-state index contributed by atoms with van der Waals surface area (Å²) in [5, 5.41) is 1.58. The molecular weight excluding hydrogens is 724 g/mol. The number of carbonyl (C=O) groups is 3. The Balaban J connectivity index is 1.64. The summed E-state index contributed by atoms with van der Waals surface area (Å²) in [5.41, 5.74) is -2.60. The number of ether oxygens (including phenoxy) is 2. The van der Waals surface area contributed by atoms with Crippen molar-refractivity contribution in [2.45, 2.75) is 88.8 Å². The van der Waals surface area contributed by atoms with Crippen LogP contribution in [0.5, 0.6) is 5.75 Å². The van der Waals surface area contributed by atoms with Gasteiger partial charge in [0.1, 0.15) is 16.3 Å². The van der Waals surface area contributed by atoms with Gasteiger partial charge in [-0.15, -0.1) is 11.3 Å². The van der Waals surface area contributed by atoms with Crippen LogP contribution in [0.4, 0.5) is 26.3 Å². The third-order valence-electron chi connectivity index (χ3n) is 9.17. The lowest BCUT2D eigenvalue weighted by Crippen LogP contribution is -2.68. The molecule has 3 unspecified atom stereocenters. The van der Waals surface area contributed by atoms with Crippen molar-refractivity contribution >= 4 is 40.7 Å². The van der Waals surface area contributed by atoms with Crippen molar-refractivity contribution in [2.75, 3.05) is 19.7 Å². The van der Waals surface area contributed by atoms with Crippen LogP contribution in [0.1, 0.15) is 90.5 Å². The first-order valence-corrected chi connectivity index (χ1v) is 17.8. The number of esters is 1. The maximum atomic E-state index is 15.3. The molecule has 0 bridgehead atoms. The fourth-order valence-corrected chi connectivity index (χ4v) is 7.91. The van der Waals surface area contributed by atoms with Gasteiger partial charge in [-0.2, -0.15) is 26.3 Å². The predicted octanol–water partition coefficient (Wildman–Crippen LogP) is 8.53. The molecule has 0 N–H and O–H groups in total. The number of nitrogens with zero attached hydrogens (tertiary/aromatic N) is 3. The molecule has 3 atom stereocenters. The van der Waals surface area contributed by atoms with E-state index < -0.39 is 64.0 Å². The van der Waals surface area contributed by atoms with Gasteiger partial charge in [0.25, 0.3) is 11.8 Å². The monoisotopic (exact) mass is 759 g/mol. The number of likely N-dealkylation sites (tertiary alicyclic amines) is 1. The predicted molar refractivity (Wildman–Crippen MR) is 176 cm³/mol. The Morgan fingerprint density at radius 2 is 1.78 bits per heavy atom. The van der Waals surface area contributed by atoms with Crippen LogP contribution in [0.15, 0.2) is 48.0 Å². The van der Waals surface area contributed by atoms with E-state index in [-0.39, 0.29) is 57.6 Å². The number of hydrogen-bond donors (Lipinski definition) is 0. The fourth-order valence-electron chi connectivity index (χ4n) is 7.04. The van der Waals surface area contributed by atoms with Crippen LogP contribution in [0.2, 0.25) is 5.02 Å². The number of fused-ring (bicyclic) bond motifs is 1. The second-order valence-electron chi connectivity index (χ2n) is 12.4. The van der Waals surface area contributed by atoms with E-state index in [1.54, 1.807) is 32.0 Å². The van der Waals surface area contributed by atoms with Crippen LogP contribution in [0.25, 0.3) is 0 Å². The summed E-state index contributed by atoms with van der Waals surface area (Å²) in [4.78, 5) is 47.3. The van der Waals surface area contributed by atoms with Gasteiger partial charge in [0.05, 0.1) is 24.3 Å². The van der Waals surface area contributed by atoms with Crippen LogP contribution in [0, 0.1) is 0 Å². The Hall–Kier alpha value is -3.85. The highest BCUT2D eigenvalue weighted by Gasteiger charge is 2.57. The first kappa shape index (κ1) is 38.4. The molecule has 2 aliphatic heterocycles. The molecule has 276 valence electrons. The maximum Gasteiger partial charge on any atom is 0.425 e. The van der Waals surface area contributed by atoms with Gasteiger partial charge in [-0.05, 0) is 68.0 Å². The Labute approximate surface area is 299 Å². The minimum atomic E-state index is -4.92. The number of hydrogen-bond acceptors (Lipinski definition) is 7. The minimum absolute atomic E-state index is 0.0547.